The Kier molecular flexibility index (Phi) is 5.50. The van der Waals surface area contributed by atoms with Gasteiger partial charge in [0.15, 0.2) is 17.2 Å². The van der Waals surface area contributed by atoms with Crippen molar-refractivity contribution in [3.8, 4) is 11.3 Å². The molecule has 0 saturated carbocycles. The molecule has 0 spiro atoms. The van der Waals surface area contributed by atoms with Crippen LogP contribution in [0.4, 0.5) is 10.7 Å². The normalized spacial score (nSPS) is 12.7. The van der Waals surface area contributed by atoms with Crippen LogP contribution >= 0.6 is 11.3 Å². The first-order valence-electron chi connectivity index (χ1n) is 10.3. The van der Waals surface area contributed by atoms with E-state index in [1.165, 1.54) is 25.2 Å². The van der Waals surface area contributed by atoms with Crippen molar-refractivity contribution in [3.05, 3.63) is 52.0 Å². The molecule has 2 aromatic heterocycles. The number of benzene rings is 1. The number of amides is 1. The van der Waals surface area contributed by atoms with E-state index in [0.717, 1.165) is 5.56 Å². The highest BCUT2D eigenvalue weighted by molar-refractivity contribution is 7.19. The molecule has 4 rings (SSSR count). The Hall–Kier alpha value is -3.26. The van der Waals surface area contributed by atoms with Gasteiger partial charge in [0.25, 0.3) is 0 Å². The highest BCUT2D eigenvalue weighted by Gasteiger charge is 2.37. The summed E-state index contributed by atoms with van der Waals surface area (Å²) >= 11 is 1.19. The maximum absolute atomic E-state index is 13.1. The van der Waals surface area contributed by atoms with Gasteiger partial charge in [-0.05, 0) is 51.3 Å². The van der Waals surface area contributed by atoms with E-state index in [9.17, 15) is 14.4 Å². The second kappa shape index (κ2) is 8.02. The molecule has 32 heavy (non-hydrogen) atoms. The number of carbonyl (C=O) groups is 3. The molecule has 7 nitrogen and oxygen atoms in total. The largest absolute Gasteiger partial charge is 0.456 e. The Morgan fingerprint density at radius 2 is 1.72 bits per heavy atom. The summed E-state index contributed by atoms with van der Waals surface area (Å²) in [5.74, 6) is -0.417. The number of esters is 1. The van der Waals surface area contributed by atoms with E-state index in [1.54, 1.807) is 4.90 Å². The molecule has 1 aromatic carbocycles. The Morgan fingerprint density at radius 3 is 2.31 bits per heavy atom. The number of aromatic nitrogens is 1. The summed E-state index contributed by atoms with van der Waals surface area (Å²) in [6.07, 6.45) is 1.02. The average molecular weight is 453 g/mol. The maximum atomic E-state index is 13.1. The number of para-hydroxylation sites is 1. The number of hydrogen-bond acceptors (Lipinski definition) is 7. The number of fused-ring (bicyclic) bond motifs is 3. The van der Waals surface area contributed by atoms with Gasteiger partial charge in [-0.2, -0.15) is 0 Å². The van der Waals surface area contributed by atoms with Crippen LogP contribution in [0.3, 0.4) is 0 Å². The van der Waals surface area contributed by atoms with Crippen LogP contribution in [0.2, 0.25) is 0 Å². The van der Waals surface area contributed by atoms with Crippen LogP contribution in [0.5, 0.6) is 0 Å². The lowest BCUT2D eigenvalue weighted by Gasteiger charge is -2.22. The van der Waals surface area contributed by atoms with Crippen LogP contribution in [0, 0.1) is 0 Å². The number of nitrogens with zero attached hydrogens (tertiary/aromatic N) is 2. The number of anilines is 2. The zero-order valence-electron chi connectivity index (χ0n) is 18.6. The number of ketones is 1. The quantitative estimate of drug-likeness (QED) is 0.392. The molecular formula is C24H24N2O5S. The van der Waals surface area contributed by atoms with E-state index in [4.69, 9.17) is 9.26 Å². The van der Waals surface area contributed by atoms with Crippen molar-refractivity contribution >= 4 is 39.7 Å². The third-order valence-electron chi connectivity index (χ3n) is 5.08. The van der Waals surface area contributed by atoms with Crippen LogP contribution in [0.25, 0.3) is 11.3 Å². The van der Waals surface area contributed by atoms with Crippen LogP contribution in [0.1, 0.15) is 65.9 Å². The minimum absolute atomic E-state index is 0.186. The first-order chi connectivity index (χ1) is 15.1. The van der Waals surface area contributed by atoms with Crippen molar-refractivity contribution in [2.75, 3.05) is 4.90 Å². The zero-order chi connectivity index (χ0) is 23.2. The van der Waals surface area contributed by atoms with Gasteiger partial charge in [0.2, 0.25) is 5.91 Å². The number of Topliss-reactive ketones (excluding diaryl/α,β-unsaturated/α-hetero) is 1. The Balaban J connectivity index is 1.97. The van der Waals surface area contributed by atoms with Crippen molar-refractivity contribution in [3.63, 3.8) is 0 Å². The third kappa shape index (κ3) is 3.86. The standard InChI is InChI=1S/C24H24N2O5S/c1-13(27)19-17-12-11-16-18(20(17)31-25-19)22(32-21(16)23(29)30-24(3,4)5)26(14(2)28)15-9-7-6-8-10-15/h6-10H,11-12H2,1-5H3. The van der Waals surface area contributed by atoms with Gasteiger partial charge in [-0.3, -0.25) is 14.5 Å². The summed E-state index contributed by atoms with van der Waals surface area (Å²) in [5, 5.41) is 4.54. The molecule has 1 amide bonds. The maximum Gasteiger partial charge on any atom is 0.349 e. The predicted octanol–water partition coefficient (Wildman–Crippen LogP) is 5.34. The first-order valence-corrected chi connectivity index (χ1v) is 11.1. The average Bonchev–Trinajstić information content (AvgIpc) is 3.29. The van der Waals surface area contributed by atoms with Crippen LogP contribution in [0.15, 0.2) is 34.9 Å². The summed E-state index contributed by atoms with van der Waals surface area (Å²) in [6.45, 7) is 8.35. The Morgan fingerprint density at radius 1 is 1.06 bits per heavy atom. The first kappa shape index (κ1) is 22.0. The fourth-order valence-corrected chi connectivity index (χ4v) is 5.14. The summed E-state index contributed by atoms with van der Waals surface area (Å²) in [5.41, 5.74) is 2.36. The van der Waals surface area contributed by atoms with E-state index >= 15 is 0 Å². The van der Waals surface area contributed by atoms with E-state index in [1.807, 2.05) is 51.1 Å². The minimum Gasteiger partial charge on any atom is -0.456 e. The number of rotatable bonds is 4. The molecule has 3 aromatic rings. The molecule has 1 aliphatic carbocycles. The van der Waals surface area contributed by atoms with Gasteiger partial charge in [0, 0.05) is 25.1 Å². The molecule has 0 bridgehead atoms. The fraction of sp³-hybridized carbons (Fsp3) is 0.333. The summed E-state index contributed by atoms with van der Waals surface area (Å²) < 4.78 is 11.3. The summed E-state index contributed by atoms with van der Waals surface area (Å²) in [6, 6.07) is 9.20. The number of thiophene rings is 1. The molecule has 0 fully saturated rings. The molecule has 8 heteroatoms. The van der Waals surface area contributed by atoms with Crippen molar-refractivity contribution in [1.29, 1.82) is 0 Å². The van der Waals surface area contributed by atoms with Gasteiger partial charge in [0.1, 0.15) is 15.5 Å². The van der Waals surface area contributed by atoms with Crippen molar-refractivity contribution < 1.29 is 23.6 Å². The minimum atomic E-state index is -0.665. The van der Waals surface area contributed by atoms with E-state index in [2.05, 4.69) is 5.16 Å². The van der Waals surface area contributed by atoms with Gasteiger partial charge in [-0.15, -0.1) is 11.3 Å². The molecule has 2 heterocycles. The second-order valence-electron chi connectivity index (χ2n) is 8.68. The fourth-order valence-electron chi connectivity index (χ4n) is 3.85. The lowest BCUT2D eigenvalue weighted by molar-refractivity contribution is -0.115. The number of ether oxygens (including phenoxy) is 1. The van der Waals surface area contributed by atoms with Gasteiger partial charge in [0.05, 0.1) is 5.56 Å². The van der Waals surface area contributed by atoms with Crippen LogP contribution in [-0.4, -0.2) is 28.4 Å². The lowest BCUT2D eigenvalue weighted by atomic mass is 9.89. The molecule has 0 radical (unpaired) electrons. The molecule has 0 saturated heterocycles. The lowest BCUT2D eigenvalue weighted by Crippen LogP contribution is -2.24. The molecular weight excluding hydrogens is 428 g/mol. The highest BCUT2D eigenvalue weighted by atomic mass is 32.1. The Bertz CT molecular complexity index is 1220. The third-order valence-corrected chi connectivity index (χ3v) is 6.28. The van der Waals surface area contributed by atoms with Gasteiger partial charge < -0.3 is 9.26 Å². The van der Waals surface area contributed by atoms with Gasteiger partial charge in [-0.1, -0.05) is 23.4 Å². The summed E-state index contributed by atoms with van der Waals surface area (Å²) in [7, 11) is 0. The second-order valence-corrected chi connectivity index (χ2v) is 9.68. The van der Waals surface area contributed by atoms with Crippen molar-refractivity contribution in [2.45, 2.75) is 53.1 Å². The smallest absolute Gasteiger partial charge is 0.349 e. The molecule has 1 aliphatic rings. The molecule has 0 atom stereocenters. The monoisotopic (exact) mass is 452 g/mol. The number of hydrogen-bond donors (Lipinski definition) is 0. The van der Waals surface area contributed by atoms with E-state index in [-0.39, 0.29) is 17.4 Å². The van der Waals surface area contributed by atoms with Gasteiger partial charge in [-0.25, -0.2) is 4.79 Å². The highest BCUT2D eigenvalue weighted by Crippen LogP contribution is 2.50. The topological polar surface area (TPSA) is 89.7 Å². The van der Waals surface area contributed by atoms with E-state index in [0.29, 0.717) is 45.3 Å². The van der Waals surface area contributed by atoms with E-state index < -0.39 is 11.6 Å². The molecule has 0 N–H and O–H groups in total. The number of carbonyl (C=O) groups excluding carboxylic acids is 3. The molecule has 0 unspecified atom stereocenters. The SMILES string of the molecule is CC(=O)c1noc2c1CCc1c(C(=O)OC(C)(C)C)sc(N(C(C)=O)c3ccccc3)c1-2. The van der Waals surface area contributed by atoms with Crippen molar-refractivity contribution in [1.82, 2.24) is 5.16 Å². The van der Waals surface area contributed by atoms with Crippen molar-refractivity contribution in [2.24, 2.45) is 0 Å². The molecule has 0 aliphatic heterocycles. The van der Waals surface area contributed by atoms with Crippen LogP contribution in [-0.2, 0) is 22.4 Å². The molecule has 166 valence electrons. The van der Waals surface area contributed by atoms with Crippen LogP contribution < -0.4 is 4.90 Å². The zero-order valence-corrected chi connectivity index (χ0v) is 19.5. The summed E-state index contributed by atoms with van der Waals surface area (Å²) in [4.78, 5) is 39.9. The Labute approximate surface area is 190 Å². The predicted molar refractivity (Wildman–Crippen MR) is 122 cm³/mol. The van der Waals surface area contributed by atoms with Gasteiger partial charge >= 0.3 is 5.97 Å².